The van der Waals surface area contributed by atoms with Crippen LogP contribution >= 0.6 is 0 Å². The Bertz CT molecular complexity index is 536. The smallest absolute Gasteiger partial charge is 0.206 e. The van der Waals surface area contributed by atoms with Crippen molar-refractivity contribution in [1.82, 2.24) is 0 Å². The van der Waals surface area contributed by atoms with Gasteiger partial charge >= 0.3 is 0 Å². The minimum Gasteiger partial charge on any atom is -0.206 e. The summed E-state index contributed by atoms with van der Waals surface area (Å²) in [6.45, 7) is 1.86. The van der Waals surface area contributed by atoms with E-state index in [0.717, 1.165) is 25.7 Å². The molecule has 3 aliphatic rings. The minimum absolute atomic E-state index is 0.110. The molecule has 0 aromatic heterocycles. The summed E-state index contributed by atoms with van der Waals surface area (Å²) in [4.78, 5) is 0. The third kappa shape index (κ3) is 1.51. The van der Waals surface area contributed by atoms with Gasteiger partial charge in [-0.15, -0.1) is 0 Å². The second-order valence-corrected chi connectivity index (χ2v) is 7.31. The summed E-state index contributed by atoms with van der Waals surface area (Å²) in [6, 6.07) is 8.68. The van der Waals surface area contributed by atoms with E-state index in [4.69, 9.17) is 0 Å². The molecule has 1 aromatic carbocycles. The average Bonchev–Trinajstić information content (AvgIpc) is 2.69. The van der Waals surface area contributed by atoms with Crippen LogP contribution in [-0.4, -0.2) is 5.92 Å². The average molecular weight is 276 g/mol. The Balaban J connectivity index is 1.73. The molecule has 0 unspecified atom stereocenters. The van der Waals surface area contributed by atoms with Gasteiger partial charge in [0.05, 0.1) is 0 Å². The number of fused-ring (bicyclic) bond motifs is 5. The second kappa shape index (κ2) is 4.05. The standard InChI is InChI=1S/C18H22F2/c1-17-10-8-14-13-5-3-2-4-12(13)6-7-15(14)16(17)9-11-18(17,19)20/h2-5,14-16H,6-11H2,1H3/t14-,15-,16+,17+/m1/s1. The van der Waals surface area contributed by atoms with Crippen molar-refractivity contribution in [3.63, 3.8) is 0 Å². The van der Waals surface area contributed by atoms with E-state index >= 15 is 0 Å². The molecule has 0 bridgehead atoms. The molecule has 0 amide bonds. The minimum atomic E-state index is -2.44. The Kier molecular flexibility index (Phi) is 2.59. The third-order valence-corrected chi connectivity index (χ3v) is 6.63. The number of hydrogen-bond donors (Lipinski definition) is 0. The van der Waals surface area contributed by atoms with Gasteiger partial charge in [0.15, 0.2) is 0 Å². The van der Waals surface area contributed by atoms with Crippen molar-refractivity contribution in [3.05, 3.63) is 35.4 Å². The van der Waals surface area contributed by atoms with Gasteiger partial charge < -0.3 is 0 Å². The summed E-state index contributed by atoms with van der Waals surface area (Å²) in [5, 5.41) is 0. The van der Waals surface area contributed by atoms with E-state index in [1.54, 1.807) is 0 Å². The zero-order chi connectivity index (χ0) is 14.0. The van der Waals surface area contributed by atoms with E-state index in [9.17, 15) is 8.78 Å². The predicted molar refractivity (Wildman–Crippen MR) is 76.0 cm³/mol. The third-order valence-electron chi connectivity index (χ3n) is 6.63. The molecule has 0 nitrogen and oxygen atoms in total. The summed E-state index contributed by atoms with van der Waals surface area (Å²) >= 11 is 0. The van der Waals surface area contributed by atoms with Crippen LogP contribution < -0.4 is 0 Å². The number of rotatable bonds is 0. The van der Waals surface area contributed by atoms with Gasteiger partial charge in [-0.3, -0.25) is 0 Å². The van der Waals surface area contributed by atoms with E-state index in [1.165, 1.54) is 11.1 Å². The lowest BCUT2D eigenvalue weighted by Crippen LogP contribution is -2.46. The van der Waals surface area contributed by atoms with Gasteiger partial charge in [0.1, 0.15) is 0 Å². The molecular formula is C18H22F2. The Morgan fingerprint density at radius 1 is 1.05 bits per heavy atom. The highest BCUT2D eigenvalue weighted by atomic mass is 19.3. The van der Waals surface area contributed by atoms with Gasteiger partial charge in [-0.1, -0.05) is 31.2 Å². The lowest BCUT2D eigenvalue weighted by Gasteiger charge is -2.50. The van der Waals surface area contributed by atoms with E-state index in [-0.39, 0.29) is 12.3 Å². The number of alkyl halides is 2. The summed E-state index contributed by atoms with van der Waals surface area (Å²) in [5.74, 6) is -1.20. The monoisotopic (exact) mass is 276 g/mol. The quantitative estimate of drug-likeness (QED) is 0.612. The van der Waals surface area contributed by atoms with Crippen molar-refractivity contribution >= 4 is 0 Å². The maximum absolute atomic E-state index is 14.3. The van der Waals surface area contributed by atoms with Crippen LogP contribution in [0.15, 0.2) is 24.3 Å². The van der Waals surface area contributed by atoms with Crippen LogP contribution in [0.3, 0.4) is 0 Å². The maximum atomic E-state index is 14.3. The molecule has 0 heterocycles. The predicted octanol–water partition coefficient (Wildman–Crippen LogP) is 5.18. The Morgan fingerprint density at radius 2 is 1.85 bits per heavy atom. The fourth-order valence-electron chi connectivity index (χ4n) is 5.45. The maximum Gasteiger partial charge on any atom is 0.253 e. The van der Waals surface area contributed by atoms with Gasteiger partial charge in [-0.25, -0.2) is 8.78 Å². The van der Waals surface area contributed by atoms with Crippen molar-refractivity contribution in [3.8, 4) is 0 Å². The molecule has 108 valence electrons. The molecule has 4 rings (SSSR count). The first kappa shape index (κ1) is 12.8. The zero-order valence-corrected chi connectivity index (χ0v) is 12.0. The molecule has 3 aliphatic carbocycles. The molecule has 2 heteroatoms. The van der Waals surface area contributed by atoms with Crippen LogP contribution in [0.25, 0.3) is 0 Å². The van der Waals surface area contributed by atoms with E-state index in [2.05, 4.69) is 24.3 Å². The van der Waals surface area contributed by atoms with Crippen molar-refractivity contribution in [1.29, 1.82) is 0 Å². The van der Waals surface area contributed by atoms with Crippen LogP contribution in [-0.2, 0) is 6.42 Å². The van der Waals surface area contributed by atoms with Gasteiger partial charge in [-0.05, 0) is 61.0 Å². The van der Waals surface area contributed by atoms with Crippen molar-refractivity contribution in [2.45, 2.75) is 57.3 Å². The highest BCUT2D eigenvalue weighted by molar-refractivity contribution is 5.35. The van der Waals surface area contributed by atoms with Gasteiger partial charge in [-0.2, -0.15) is 0 Å². The molecule has 0 saturated heterocycles. The van der Waals surface area contributed by atoms with Crippen molar-refractivity contribution in [2.24, 2.45) is 17.3 Å². The number of benzene rings is 1. The van der Waals surface area contributed by atoms with Crippen LogP contribution in [0.5, 0.6) is 0 Å². The zero-order valence-electron chi connectivity index (χ0n) is 12.0. The van der Waals surface area contributed by atoms with E-state index in [1.807, 2.05) is 6.92 Å². The molecule has 1 aromatic rings. The van der Waals surface area contributed by atoms with Crippen LogP contribution in [0.2, 0.25) is 0 Å². The van der Waals surface area contributed by atoms with Gasteiger partial charge in [0, 0.05) is 11.8 Å². The summed E-state index contributed by atoms with van der Waals surface area (Å²) < 4.78 is 28.6. The summed E-state index contributed by atoms with van der Waals surface area (Å²) in [7, 11) is 0. The van der Waals surface area contributed by atoms with Gasteiger partial charge in [0.2, 0.25) is 0 Å². The first-order chi connectivity index (χ1) is 9.53. The molecule has 0 N–H and O–H groups in total. The van der Waals surface area contributed by atoms with Crippen LogP contribution in [0.4, 0.5) is 8.78 Å². The highest BCUT2D eigenvalue weighted by Crippen LogP contribution is 2.65. The fraction of sp³-hybridized carbons (Fsp3) is 0.667. The Morgan fingerprint density at radius 3 is 2.70 bits per heavy atom. The Hall–Kier alpha value is -0.920. The number of hydrogen-bond acceptors (Lipinski definition) is 0. The summed E-state index contributed by atoms with van der Waals surface area (Å²) in [6.07, 6.45) is 4.67. The number of aryl methyl sites for hydroxylation is 1. The van der Waals surface area contributed by atoms with Gasteiger partial charge in [0.25, 0.3) is 5.92 Å². The summed E-state index contributed by atoms with van der Waals surface area (Å²) in [5.41, 5.74) is 2.18. The SMILES string of the molecule is C[C@]12CC[C@@H]3c4ccccc4CC[C@H]3[C@@H]1CCC2(F)F. The highest BCUT2D eigenvalue weighted by Gasteiger charge is 2.63. The molecule has 4 atom stereocenters. The molecule has 0 spiro atoms. The topological polar surface area (TPSA) is 0 Å². The first-order valence-corrected chi connectivity index (χ1v) is 7.98. The van der Waals surface area contributed by atoms with Crippen LogP contribution in [0, 0.1) is 17.3 Å². The van der Waals surface area contributed by atoms with Crippen LogP contribution in [0.1, 0.15) is 56.1 Å². The molecule has 2 saturated carbocycles. The van der Waals surface area contributed by atoms with E-state index < -0.39 is 11.3 Å². The molecule has 0 radical (unpaired) electrons. The van der Waals surface area contributed by atoms with Crippen molar-refractivity contribution < 1.29 is 8.78 Å². The normalized spacial score (nSPS) is 41.6. The first-order valence-electron chi connectivity index (χ1n) is 7.98. The lowest BCUT2D eigenvalue weighted by molar-refractivity contribution is -0.132. The number of halogens is 2. The molecule has 0 aliphatic heterocycles. The lowest BCUT2D eigenvalue weighted by atomic mass is 9.55. The molecule has 2 fully saturated rings. The fourth-order valence-corrected chi connectivity index (χ4v) is 5.45. The van der Waals surface area contributed by atoms with E-state index in [0.29, 0.717) is 18.3 Å². The van der Waals surface area contributed by atoms with Crippen molar-refractivity contribution in [2.75, 3.05) is 0 Å². The largest absolute Gasteiger partial charge is 0.253 e. The Labute approximate surface area is 119 Å². The second-order valence-electron chi connectivity index (χ2n) is 7.31. The molecular weight excluding hydrogens is 254 g/mol. The molecule has 20 heavy (non-hydrogen) atoms.